The molecule has 3 unspecified atom stereocenters. The van der Waals surface area contributed by atoms with Crippen molar-refractivity contribution < 1.29 is 9.66 Å². The van der Waals surface area contributed by atoms with Crippen LogP contribution in [0.5, 0.6) is 5.88 Å². The zero-order valence-corrected chi connectivity index (χ0v) is 12.0. The summed E-state index contributed by atoms with van der Waals surface area (Å²) >= 11 is 0. The first-order valence-electron chi connectivity index (χ1n) is 6.87. The van der Waals surface area contributed by atoms with Crippen LogP contribution in [0.2, 0.25) is 0 Å². The molecule has 1 aliphatic rings. The van der Waals surface area contributed by atoms with Crippen molar-refractivity contribution in [3.63, 3.8) is 0 Å². The number of aromatic nitrogens is 2. The fraction of sp³-hybridized carbons (Fsp3) is 0.692. The molecule has 1 saturated carbocycles. The third kappa shape index (κ3) is 3.15. The van der Waals surface area contributed by atoms with Crippen LogP contribution in [0, 0.1) is 22.0 Å². The fourth-order valence-corrected chi connectivity index (χ4v) is 2.46. The molecule has 0 spiro atoms. The summed E-state index contributed by atoms with van der Waals surface area (Å²) in [6.45, 7) is 4.42. The number of nitro groups is 1. The van der Waals surface area contributed by atoms with Gasteiger partial charge in [0.15, 0.2) is 0 Å². The lowest BCUT2D eigenvalue weighted by atomic mass is 9.80. The van der Waals surface area contributed by atoms with Crippen LogP contribution in [0.4, 0.5) is 11.6 Å². The van der Waals surface area contributed by atoms with Crippen LogP contribution in [0.3, 0.4) is 0 Å². The lowest BCUT2D eigenvalue weighted by Crippen LogP contribution is -2.29. The predicted octanol–water partition coefficient (Wildman–Crippen LogP) is 2.63. The van der Waals surface area contributed by atoms with E-state index in [0.717, 1.165) is 19.3 Å². The molecule has 0 radical (unpaired) electrons. The van der Waals surface area contributed by atoms with Gasteiger partial charge in [-0.05, 0) is 31.1 Å². The van der Waals surface area contributed by atoms with E-state index in [2.05, 4.69) is 29.1 Å². The Morgan fingerprint density at radius 1 is 1.40 bits per heavy atom. The van der Waals surface area contributed by atoms with Crippen molar-refractivity contribution >= 4 is 11.6 Å². The molecular formula is C13H20N4O3. The Bertz CT molecular complexity index is 495. The third-order valence-electron chi connectivity index (χ3n) is 3.98. The molecular weight excluding hydrogens is 260 g/mol. The summed E-state index contributed by atoms with van der Waals surface area (Å²) in [7, 11) is 1.66. The van der Waals surface area contributed by atoms with Crippen LogP contribution < -0.4 is 10.1 Å². The molecule has 7 heteroatoms. The fourth-order valence-electron chi connectivity index (χ4n) is 2.46. The largest absolute Gasteiger partial charge is 0.469 e. The van der Waals surface area contributed by atoms with Gasteiger partial charge < -0.3 is 10.1 Å². The van der Waals surface area contributed by atoms with E-state index in [0.29, 0.717) is 17.8 Å². The van der Waals surface area contributed by atoms with E-state index in [9.17, 15) is 10.1 Å². The normalized spacial score (nSPS) is 26.1. The second-order valence-corrected chi connectivity index (χ2v) is 5.40. The lowest BCUT2D eigenvalue weighted by molar-refractivity contribution is -0.386. The van der Waals surface area contributed by atoms with Crippen molar-refractivity contribution in [2.45, 2.75) is 39.2 Å². The van der Waals surface area contributed by atoms with Crippen molar-refractivity contribution in [1.82, 2.24) is 9.97 Å². The van der Waals surface area contributed by atoms with E-state index in [1.54, 1.807) is 7.05 Å². The minimum atomic E-state index is -0.510. The molecule has 1 aliphatic carbocycles. The first-order valence-corrected chi connectivity index (χ1v) is 6.87. The van der Waals surface area contributed by atoms with Gasteiger partial charge in [-0.2, -0.15) is 4.98 Å². The molecule has 2 rings (SSSR count). The maximum atomic E-state index is 11.0. The van der Waals surface area contributed by atoms with Crippen molar-refractivity contribution in [3.8, 4) is 5.88 Å². The van der Waals surface area contributed by atoms with Crippen LogP contribution in [0.1, 0.15) is 33.1 Å². The maximum Gasteiger partial charge on any atom is 0.349 e. The summed E-state index contributed by atoms with van der Waals surface area (Å²) in [6.07, 6.45) is 4.05. The Morgan fingerprint density at radius 3 is 2.75 bits per heavy atom. The molecule has 0 amide bonds. The molecule has 20 heavy (non-hydrogen) atoms. The quantitative estimate of drug-likeness (QED) is 0.673. The van der Waals surface area contributed by atoms with Gasteiger partial charge in [0.2, 0.25) is 5.95 Å². The Kier molecular flexibility index (Phi) is 4.36. The third-order valence-corrected chi connectivity index (χ3v) is 3.98. The van der Waals surface area contributed by atoms with Gasteiger partial charge in [0.25, 0.3) is 5.88 Å². The monoisotopic (exact) mass is 280 g/mol. The summed E-state index contributed by atoms with van der Waals surface area (Å²) < 4.78 is 5.78. The standard InChI is InChI=1S/C13H20N4O3/c1-8-4-5-10(6-9(8)2)20-12-11(17(18)19)7-15-13(14-3)16-12/h7-10H,4-6H2,1-3H3,(H,14,15,16). The van der Waals surface area contributed by atoms with Gasteiger partial charge >= 0.3 is 5.69 Å². The SMILES string of the molecule is CNc1ncc([N+](=O)[O-])c(OC2CCC(C)C(C)C2)n1. The molecule has 110 valence electrons. The molecule has 0 aliphatic heterocycles. The average molecular weight is 280 g/mol. The van der Waals surface area contributed by atoms with Gasteiger partial charge in [-0.1, -0.05) is 13.8 Å². The Hall–Kier alpha value is -1.92. The second kappa shape index (κ2) is 6.02. The number of rotatable bonds is 4. The van der Waals surface area contributed by atoms with Crippen LogP contribution in [-0.4, -0.2) is 28.0 Å². The predicted molar refractivity (Wildman–Crippen MR) is 74.8 cm³/mol. The van der Waals surface area contributed by atoms with Crippen LogP contribution in [0.25, 0.3) is 0 Å². The molecule has 1 aromatic rings. The Morgan fingerprint density at radius 2 is 2.15 bits per heavy atom. The zero-order valence-electron chi connectivity index (χ0n) is 12.0. The molecule has 1 N–H and O–H groups in total. The minimum Gasteiger partial charge on any atom is -0.469 e. The number of nitrogens with one attached hydrogen (secondary N) is 1. The van der Waals surface area contributed by atoms with E-state index >= 15 is 0 Å². The maximum absolute atomic E-state index is 11.0. The minimum absolute atomic E-state index is 0.0143. The first kappa shape index (κ1) is 14.5. The van der Waals surface area contributed by atoms with E-state index in [4.69, 9.17) is 4.74 Å². The average Bonchev–Trinajstić information content (AvgIpc) is 2.42. The highest BCUT2D eigenvalue weighted by Gasteiger charge is 2.28. The van der Waals surface area contributed by atoms with Crippen molar-refractivity contribution in [2.75, 3.05) is 12.4 Å². The Balaban J connectivity index is 2.17. The Labute approximate surface area is 117 Å². The van der Waals surface area contributed by atoms with Gasteiger partial charge in [-0.15, -0.1) is 0 Å². The van der Waals surface area contributed by atoms with E-state index in [1.165, 1.54) is 6.20 Å². The van der Waals surface area contributed by atoms with Crippen molar-refractivity contribution in [3.05, 3.63) is 16.3 Å². The van der Waals surface area contributed by atoms with Crippen LogP contribution in [0.15, 0.2) is 6.20 Å². The summed E-state index contributed by atoms with van der Waals surface area (Å²) in [4.78, 5) is 18.4. The number of hydrogen-bond acceptors (Lipinski definition) is 6. The van der Waals surface area contributed by atoms with Gasteiger partial charge in [-0.25, -0.2) is 4.98 Å². The van der Waals surface area contributed by atoms with Gasteiger partial charge in [0, 0.05) is 7.05 Å². The summed E-state index contributed by atoms with van der Waals surface area (Å²) in [6, 6.07) is 0. The number of anilines is 1. The highest BCUT2D eigenvalue weighted by molar-refractivity contribution is 5.43. The van der Waals surface area contributed by atoms with Crippen LogP contribution in [-0.2, 0) is 0 Å². The number of nitrogens with zero attached hydrogens (tertiary/aromatic N) is 3. The molecule has 0 bridgehead atoms. The topological polar surface area (TPSA) is 90.2 Å². The molecule has 1 fully saturated rings. The number of ether oxygens (including phenoxy) is 1. The summed E-state index contributed by atoms with van der Waals surface area (Å²) in [5.74, 6) is 1.60. The van der Waals surface area contributed by atoms with E-state index in [-0.39, 0.29) is 17.7 Å². The van der Waals surface area contributed by atoms with Gasteiger partial charge in [0.05, 0.1) is 4.92 Å². The molecule has 1 aromatic heterocycles. The summed E-state index contributed by atoms with van der Waals surface area (Å²) in [5, 5.41) is 13.8. The van der Waals surface area contributed by atoms with Crippen molar-refractivity contribution in [2.24, 2.45) is 11.8 Å². The highest BCUT2D eigenvalue weighted by atomic mass is 16.6. The molecule has 0 saturated heterocycles. The van der Waals surface area contributed by atoms with Gasteiger partial charge in [0.1, 0.15) is 12.3 Å². The second-order valence-electron chi connectivity index (χ2n) is 5.40. The zero-order chi connectivity index (χ0) is 14.7. The molecule has 1 heterocycles. The number of hydrogen-bond donors (Lipinski definition) is 1. The van der Waals surface area contributed by atoms with E-state index < -0.39 is 4.92 Å². The van der Waals surface area contributed by atoms with Gasteiger partial charge in [-0.3, -0.25) is 10.1 Å². The lowest BCUT2D eigenvalue weighted by Gasteiger charge is -2.31. The molecule has 7 nitrogen and oxygen atoms in total. The smallest absolute Gasteiger partial charge is 0.349 e. The highest BCUT2D eigenvalue weighted by Crippen LogP contribution is 2.33. The molecule has 0 aromatic carbocycles. The first-order chi connectivity index (χ1) is 9.51. The van der Waals surface area contributed by atoms with Crippen LogP contribution >= 0.6 is 0 Å². The molecule has 3 atom stereocenters. The van der Waals surface area contributed by atoms with Crippen molar-refractivity contribution in [1.29, 1.82) is 0 Å². The van der Waals surface area contributed by atoms with E-state index in [1.807, 2.05) is 0 Å². The summed E-state index contributed by atoms with van der Waals surface area (Å²) in [5.41, 5.74) is -0.185.